The number of rotatable bonds is 6. The van der Waals surface area contributed by atoms with Crippen LogP contribution in [0.2, 0.25) is 0 Å². The summed E-state index contributed by atoms with van der Waals surface area (Å²) in [6, 6.07) is 0.783. The molecule has 1 saturated heterocycles. The summed E-state index contributed by atoms with van der Waals surface area (Å²) in [6.45, 7) is 4.63. The van der Waals surface area contributed by atoms with Gasteiger partial charge in [-0.1, -0.05) is 19.3 Å². The summed E-state index contributed by atoms with van der Waals surface area (Å²) in [5.74, 6) is 0. The molecule has 1 atom stereocenters. The van der Waals surface area contributed by atoms with Gasteiger partial charge in [0, 0.05) is 12.6 Å². The maximum absolute atomic E-state index is 6.08. The minimum atomic E-state index is 0.466. The Balaban J connectivity index is 1.73. The average Bonchev–Trinajstić information content (AvgIpc) is 2.83. The molecule has 2 N–H and O–H groups in total. The summed E-state index contributed by atoms with van der Waals surface area (Å²) in [6.07, 6.45) is 11.0. The first-order valence-corrected chi connectivity index (χ1v) is 8.24. The molecular formula is C16H33N3. The van der Waals surface area contributed by atoms with Crippen LogP contribution in [0.5, 0.6) is 0 Å². The Kier molecular flexibility index (Phi) is 5.67. The molecule has 1 heterocycles. The third-order valence-electron chi connectivity index (χ3n) is 5.57. The second-order valence-corrected chi connectivity index (χ2v) is 7.05. The van der Waals surface area contributed by atoms with Crippen LogP contribution in [0.15, 0.2) is 0 Å². The molecule has 2 fully saturated rings. The Bertz CT molecular complexity index is 261. The molecule has 0 amide bonds. The quantitative estimate of drug-likeness (QED) is 0.801. The summed E-state index contributed by atoms with van der Waals surface area (Å²) >= 11 is 0. The highest BCUT2D eigenvalue weighted by Crippen LogP contribution is 2.38. The van der Waals surface area contributed by atoms with Crippen LogP contribution in [0.25, 0.3) is 0 Å². The van der Waals surface area contributed by atoms with Crippen LogP contribution in [0.1, 0.15) is 51.4 Å². The van der Waals surface area contributed by atoms with E-state index < -0.39 is 0 Å². The molecule has 1 aliphatic heterocycles. The summed E-state index contributed by atoms with van der Waals surface area (Å²) in [5, 5.41) is 0. The van der Waals surface area contributed by atoms with Crippen molar-refractivity contribution in [2.24, 2.45) is 11.1 Å². The van der Waals surface area contributed by atoms with Crippen molar-refractivity contribution in [3.8, 4) is 0 Å². The monoisotopic (exact) mass is 267 g/mol. The van der Waals surface area contributed by atoms with Crippen molar-refractivity contribution in [2.75, 3.05) is 40.3 Å². The number of nitrogens with two attached hydrogens (primary N) is 1. The number of hydrogen-bond acceptors (Lipinski definition) is 3. The van der Waals surface area contributed by atoms with Gasteiger partial charge in [0.1, 0.15) is 0 Å². The van der Waals surface area contributed by atoms with Gasteiger partial charge >= 0.3 is 0 Å². The first-order valence-electron chi connectivity index (χ1n) is 8.24. The molecule has 1 aliphatic carbocycles. The van der Waals surface area contributed by atoms with Gasteiger partial charge in [0.05, 0.1) is 0 Å². The molecule has 0 radical (unpaired) electrons. The Labute approximate surface area is 119 Å². The van der Waals surface area contributed by atoms with E-state index in [1.54, 1.807) is 0 Å². The molecule has 1 saturated carbocycles. The Morgan fingerprint density at radius 1 is 1.21 bits per heavy atom. The van der Waals surface area contributed by atoms with Crippen LogP contribution in [0.4, 0.5) is 0 Å². The van der Waals surface area contributed by atoms with Crippen LogP contribution in [0, 0.1) is 5.41 Å². The van der Waals surface area contributed by atoms with E-state index in [9.17, 15) is 0 Å². The van der Waals surface area contributed by atoms with E-state index in [2.05, 4.69) is 23.9 Å². The Morgan fingerprint density at radius 3 is 2.53 bits per heavy atom. The number of hydrogen-bond donors (Lipinski definition) is 1. The lowest BCUT2D eigenvalue weighted by Gasteiger charge is -2.38. The smallest absolute Gasteiger partial charge is 0.0220 e. The molecule has 0 bridgehead atoms. The molecule has 2 aliphatic rings. The molecular weight excluding hydrogens is 234 g/mol. The summed E-state index contributed by atoms with van der Waals surface area (Å²) in [5.41, 5.74) is 6.55. The highest BCUT2D eigenvalue weighted by molar-refractivity contribution is 4.85. The SMILES string of the molecule is CN(CCC1(CN)CCCCC1)CC1CCCN1C. The van der Waals surface area contributed by atoms with Gasteiger partial charge in [0.2, 0.25) is 0 Å². The fraction of sp³-hybridized carbons (Fsp3) is 1.00. The van der Waals surface area contributed by atoms with Crippen LogP contribution in [0.3, 0.4) is 0 Å². The molecule has 112 valence electrons. The lowest BCUT2D eigenvalue weighted by molar-refractivity contribution is 0.144. The van der Waals surface area contributed by atoms with E-state index in [4.69, 9.17) is 5.73 Å². The highest BCUT2D eigenvalue weighted by atomic mass is 15.2. The van der Waals surface area contributed by atoms with Crippen molar-refractivity contribution < 1.29 is 0 Å². The predicted molar refractivity (Wildman–Crippen MR) is 82.3 cm³/mol. The largest absolute Gasteiger partial charge is 0.330 e. The van der Waals surface area contributed by atoms with Crippen molar-refractivity contribution in [1.29, 1.82) is 0 Å². The topological polar surface area (TPSA) is 32.5 Å². The number of likely N-dealkylation sites (N-methyl/N-ethyl adjacent to an activating group) is 2. The normalized spacial score (nSPS) is 28.1. The zero-order valence-corrected chi connectivity index (χ0v) is 13.0. The maximum atomic E-state index is 6.08. The molecule has 0 aromatic heterocycles. The minimum absolute atomic E-state index is 0.466. The van der Waals surface area contributed by atoms with E-state index in [0.29, 0.717) is 5.41 Å². The van der Waals surface area contributed by atoms with Crippen LogP contribution in [-0.2, 0) is 0 Å². The number of nitrogens with zero attached hydrogens (tertiary/aromatic N) is 2. The Hall–Kier alpha value is -0.120. The van der Waals surface area contributed by atoms with Crippen LogP contribution < -0.4 is 5.73 Å². The van der Waals surface area contributed by atoms with Crippen LogP contribution >= 0.6 is 0 Å². The first-order chi connectivity index (χ1) is 9.15. The molecule has 3 nitrogen and oxygen atoms in total. The molecule has 3 heteroatoms. The van der Waals surface area contributed by atoms with E-state index in [1.165, 1.54) is 71.0 Å². The van der Waals surface area contributed by atoms with E-state index in [-0.39, 0.29) is 0 Å². The van der Waals surface area contributed by atoms with Gasteiger partial charge in [-0.15, -0.1) is 0 Å². The van der Waals surface area contributed by atoms with Gasteiger partial charge in [-0.05, 0) is 71.2 Å². The minimum Gasteiger partial charge on any atom is -0.330 e. The van der Waals surface area contributed by atoms with Gasteiger partial charge in [-0.3, -0.25) is 0 Å². The summed E-state index contributed by atoms with van der Waals surface area (Å²) in [7, 11) is 4.56. The second-order valence-electron chi connectivity index (χ2n) is 7.05. The fourth-order valence-corrected chi connectivity index (χ4v) is 3.95. The van der Waals surface area contributed by atoms with Gasteiger partial charge in [-0.2, -0.15) is 0 Å². The van der Waals surface area contributed by atoms with Crippen LogP contribution in [-0.4, -0.2) is 56.1 Å². The van der Waals surface area contributed by atoms with E-state index in [0.717, 1.165) is 12.6 Å². The van der Waals surface area contributed by atoms with Gasteiger partial charge in [0.15, 0.2) is 0 Å². The second kappa shape index (κ2) is 7.05. The zero-order valence-electron chi connectivity index (χ0n) is 13.0. The molecule has 2 rings (SSSR count). The zero-order chi connectivity index (χ0) is 13.7. The third-order valence-corrected chi connectivity index (χ3v) is 5.57. The van der Waals surface area contributed by atoms with E-state index >= 15 is 0 Å². The standard InChI is InChI=1S/C16H33N3/c1-18(13-15-7-6-11-19(15)2)12-10-16(14-17)8-4-3-5-9-16/h15H,3-14,17H2,1-2H3. The third kappa shape index (κ3) is 4.17. The van der Waals surface area contributed by atoms with Crippen molar-refractivity contribution in [2.45, 2.75) is 57.4 Å². The molecule has 0 aromatic rings. The van der Waals surface area contributed by atoms with E-state index in [1.807, 2.05) is 0 Å². The molecule has 0 aromatic carbocycles. The number of likely N-dealkylation sites (tertiary alicyclic amines) is 1. The van der Waals surface area contributed by atoms with Crippen molar-refractivity contribution in [1.82, 2.24) is 9.80 Å². The first kappa shape index (κ1) is 15.3. The Morgan fingerprint density at radius 2 is 1.95 bits per heavy atom. The van der Waals surface area contributed by atoms with Crippen molar-refractivity contribution in [3.05, 3.63) is 0 Å². The fourth-order valence-electron chi connectivity index (χ4n) is 3.95. The predicted octanol–water partition coefficient (Wildman–Crippen LogP) is 2.31. The summed E-state index contributed by atoms with van der Waals surface area (Å²) < 4.78 is 0. The average molecular weight is 267 g/mol. The summed E-state index contributed by atoms with van der Waals surface area (Å²) in [4.78, 5) is 5.06. The van der Waals surface area contributed by atoms with Gasteiger partial charge in [0.25, 0.3) is 0 Å². The highest BCUT2D eigenvalue weighted by Gasteiger charge is 2.31. The van der Waals surface area contributed by atoms with Gasteiger partial charge < -0.3 is 15.5 Å². The van der Waals surface area contributed by atoms with Crippen molar-refractivity contribution >= 4 is 0 Å². The maximum Gasteiger partial charge on any atom is 0.0220 e. The van der Waals surface area contributed by atoms with Gasteiger partial charge in [-0.25, -0.2) is 0 Å². The molecule has 1 unspecified atom stereocenters. The lowest BCUT2D eigenvalue weighted by atomic mass is 9.72. The molecule has 19 heavy (non-hydrogen) atoms. The molecule has 0 spiro atoms. The van der Waals surface area contributed by atoms with Crippen molar-refractivity contribution in [3.63, 3.8) is 0 Å². The lowest BCUT2D eigenvalue weighted by Crippen LogP contribution is -2.40.